The molecule has 0 unspecified atom stereocenters. The van der Waals surface area contributed by atoms with Crippen LogP contribution in [0.3, 0.4) is 0 Å². The molecule has 1 fully saturated rings. The Morgan fingerprint density at radius 3 is 2.69 bits per heavy atom. The number of nitrogens with zero attached hydrogens (tertiary/aromatic N) is 2. The lowest BCUT2D eigenvalue weighted by molar-refractivity contribution is -0.118. The van der Waals surface area contributed by atoms with Gasteiger partial charge in [-0.3, -0.25) is 9.59 Å². The van der Waals surface area contributed by atoms with Crippen molar-refractivity contribution in [3.05, 3.63) is 39.6 Å². The van der Waals surface area contributed by atoms with E-state index in [0.29, 0.717) is 17.3 Å². The van der Waals surface area contributed by atoms with Gasteiger partial charge in [-0.1, -0.05) is 31.5 Å². The summed E-state index contributed by atoms with van der Waals surface area (Å²) in [5.41, 5.74) is 0.672. The van der Waals surface area contributed by atoms with Crippen molar-refractivity contribution in [2.45, 2.75) is 31.6 Å². The summed E-state index contributed by atoms with van der Waals surface area (Å²) in [4.78, 5) is 27.8. The number of piperidine rings is 1. The Labute approximate surface area is 181 Å². The number of rotatable bonds is 7. The van der Waals surface area contributed by atoms with Crippen LogP contribution in [0.2, 0.25) is 5.02 Å². The Morgan fingerprint density at radius 1 is 1.24 bits per heavy atom. The summed E-state index contributed by atoms with van der Waals surface area (Å²) in [6.07, 6.45) is 2.27. The Hall–Kier alpha value is -1.50. The van der Waals surface area contributed by atoms with Gasteiger partial charge in [0.25, 0.3) is 5.56 Å². The Bertz CT molecular complexity index is 920. The van der Waals surface area contributed by atoms with Gasteiger partial charge in [-0.2, -0.15) is 0 Å². The first kappa shape index (κ1) is 22.2. The molecule has 1 amide bonds. The highest BCUT2D eigenvalue weighted by Gasteiger charge is 2.21. The number of carbonyl (C=O) groups is 1. The van der Waals surface area contributed by atoms with Gasteiger partial charge in [0.05, 0.1) is 11.3 Å². The van der Waals surface area contributed by atoms with Crippen molar-refractivity contribution in [3.8, 4) is 0 Å². The average Bonchev–Trinajstić information content (AvgIpc) is 2.66. The van der Waals surface area contributed by atoms with Crippen LogP contribution >= 0.6 is 23.4 Å². The number of carbonyl (C=O) groups excluding carboxylic acids is 1. The van der Waals surface area contributed by atoms with Gasteiger partial charge in [-0.25, -0.2) is 0 Å². The maximum absolute atomic E-state index is 12.3. The van der Waals surface area contributed by atoms with Crippen molar-refractivity contribution >= 4 is 40.2 Å². The third-order valence-electron chi connectivity index (χ3n) is 5.45. The normalized spacial score (nSPS) is 20.1. The lowest BCUT2D eigenvalue weighted by Gasteiger charge is -2.34. The maximum atomic E-state index is 12.3. The molecular weight excluding hydrogens is 406 g/mol. The zero-order valence-electron chi connectivity index (χ0n) is 17.4. The maximum Gasteiger partial charge on any atom is 0.251 e. The fraction of sp³-hybridized carbons (Fsp3) is 0.545. The van der Waals surface area contributed by atoms with E-state index in [1.54, 1.807) is 29.8 Å². The molecular formula is C22H30ClN3O2S. The molecule has 0 radical (unpaired) electrons. The van der Waals surface area contributed by atoms with Crippen molar-refractivity contribution in [1.82, 2.24) is 14.8 Å². The highest BCUT2D eigenvalue weighted by molar-refractivity contribution is 8.00. The molecule has 0 bridgehead atoms. The molecule has 1 saturated heterocycles. The van der Waals surface area contributed by atoms with Gasteiger partial charge in [0.1, 0.15) is 0 Å². The first-order valence-corrected chi connectivity index (χ1v) is 11.6. The standard InChI is InChI=1S/C22H30ClN3O2S/c1-15-9-16(2)13-26(12-15)8-4-7-24-21(27)14-29-20-11-22(28)25(3)19-10-17(23)5-6-18(19)20/h5-6,10-11,15-16H,4,7-9,12-14H2,1-3H3,(H,24,27)/t15-,16-/m1/s1. The van der Waals surface area contributed by atoms with Crippen LogP contribution in [0.15, 0.2) is 34.0 Å². The van der Waals surface area contributed by atoms with Gasteiger partial charge in [0.15, 0.2) is 0 Å². The minimum absolute atomic E-state index is 0.00169. The van der Waals surface area contributed by atoms with Crippen LogP contribution in [0.5, 0.6) is 0 Å². The van der Waals surface area contributed by atoms with Crippen LogP contribution in [-0.2, 0) is 11.8 Å². The highest BCUT2D eigenvalue weighted by atomic mass is 35.5. The second-order valence-corrected chi connectivity index (χ2v) is 9.72. The molecule has 158 valence electrons. The largest absolute Gasteiger partial charge is 0.355 e. The summed E-state index contributed by atoms with van der Waals surface area (Å²) in [5.74, 6) is 1.81. The number of fused-ring (bicyclic) bond motifs is 1. The molecule has 5 nitrogen and oxygen atoms in total. The number of nitrogens with one attached hydrogen (secondary N) is 1. The van der Waals surface area contributed by atoms with E-state index in [-0.39, 0.29) is 11.5 Å². The molecule has 0 saturated carbocycles. The number of thioether (sulfide) groups is 1. The van der Waals surface area contributed by atoms with Gasteiger partial charge in [-0.05, 0) is 43.4 Å². The number of aromatic nitrogens is 1. The summed E-state index contributed by atoms with van der Waals surface area (Å²) in [5, 5.41) is 4.53. The third-order valence-corrected chi connectivity index (χ3v) is 6.74. The Balaban J connectivity index is 1.49. The number of amides is 1. The predicted molar refractivity (Wildman–Crippen MR) is 122 cm³/mol. The Morgan fingerprint density at radius 2 is 1.97 bits per heavy atom. The van der Waals surface area contributed by atoms with E-state index in [0.717, 1.165) is 53.7 Å². The molecule has 7 heteroatoms. The molecule has 29 heavy (non-hydrogen) atoms. The van der Waals surface area contributed by atoms with Gasteiger partial charge in [0, 0.05) is 48.1 Å². The Kier molecular flexibility index (Phi) is 7.66. The molecule has 1 aromatic carbocycles. The first-order chi connectivity index (χ1) is 13.8. The topological polar surface area (TPSA) is 54.3 Å². The monoisotopic (exact) mass is 435 g/mol. The van der Waals surface area contributed by atoms with Crippen LogP contribution in [0.1, 0.15) is 26.7 Å². The van der Waals surface area contributed by atoms with Crippen molar-refractivity contribution in [1.29, 1.82) is 0 Å². The van der Waals surface area contributed by atoms with Gasteiger partial charge in [0.2, 0.25) is 5.91 Å². The van der Waals surface area contributed by atoms with E-state index < -0.39 is 0 Å². The number of hydrogen-bond acceptors (Lipinski definition) is 4. The number of likely N-dealkylation sites (tertiary alicyclic amines) is 1. The van der Waals surface area contributed by atoms with Crippen LogP contribution in [0, 0.1) is 11.8 Å². The van der Waals surface area contributed by atoms with Crippen LogP contribution in [0.25, 0.3) is 10.9 Å². The van der Waals surface area contributed by atoms with Crippen molar-refractivity contribution in [2.75, 3.05) is 31.9 Å². The SMILES string of the molecule is C[C@@H]1C[C@@H](C)CN(CCCNC(=O)CSc2cc(=O)n(C)c3cc(Cl)ccc23)C1. The molecule has 2 heterocycles. The first-order valence-electron chi connectivity index (χ1n) is 10.2. The van der Waals surface area contributed by atoms with Gasteiger partial charge in [-0.15, -0.1) is 11.8 Å². The van der Waals surface area contributed by atoms with E-state index in [4.69, 9.17) is 11.6 Å². The molecule has 0 aliphatic carbocycles. The van der Waals surface area contributed by atoms with Crippen LogP contribution < -0.4 is 10.9 Å². The van der Waals surface area contributed by atoms with Crippen LogP contribution in [-0.4, -0.2) is 47.3 Å². The lowest BCUT2D eigenvalue weighted by atomic mass is 9.92. The second-order valence-electron chi connectivity index (χ2n) is 8.27. The minimum atomic E-state index is -0.104. The predicted octanol–water partition coefficient (Wildman–Crippen LogP) is 3.77. The van der Waals surface area contributed by atoms with Gasteiger partial charge >= 0.3 is 0 Å². The minimum Gasteiger partial charge on any atom is -0.355 e. The summed E-state index contributed by atoms with van der Waals surface area (Å²) in [6, 6.07) is 7.08. The fourth-order valence-corrected chi connectivity index (χ4v) is 5.28. The number of hydrogen-bond donors (Lipinski definition) is 1. The summed E-state index contributed by atoms with van der Waals surface area (Å²) >= 11 is 7.47. The summed E-state index contributed by atoms with van der Waals surface area (Å²) in [6.45, 7) is 8.67. The molecule has 2 aromatic rings. The number of pyridine rings is 1. The average molecular weight is 436 g/mol. The lowest BCUT2D eigenvalue weighted by Crippen LogP contribution is -2.40. The highest BCUT2D eigenvalue weighted by Crippen LogP contribution is 2.28. The smallest absolute Gasteiger partial charge is 0.251 e. The van der Waals surface area contributed by atoms with Crippen LogP contribution in [0.4, 0.5) is 0 Å². The summed E-state index contributed by atoms with van der Waals surface area (Å²) < 4.78 is 1.58. The van der Waals surface area contributed by atoms with E-state index in [9.17, 15) is 9.59 Å². The summed E-state index contributed by atoms with van der Waals surface area (Å²) in [7, 11) is 1.73. The zero-order chi connectivity index (χ0) is 21.0. The van der Waals surface area contributed by atoms with Crippen molar-refractivity contribution in [2.24, 2.45) is 18.9 Å². The molecule has 1 aliphatic rings. The van der Waals surface area contributed by atoms with E-state index in [2.05, 4.69) is 24.1 Å². The zero-order valence-corrected chi connectivity index (χ0v) is 19.0. The molecule has 0 spiro atoms. The molecule has 2 atom stereocenters. The number of aryl methyl sites for hydroxylation is 1. The number of halogens is 1. The quantitative estimate of drug-likeness (QED) is 0.531. The molecule has 1 N–H and O–H groups in total. The van der Waals surface area contributed by atoms with Crippen molar-refractivity contribution < 1.29 is 4.79 Å². The molecule has 1 aliphatic heterocycles. The molecule has 1 aromatic heterocycles. The van der Waals surface area contributed by atoms with Gasteiger partial charge < -0.3 is 14.8 Å². The fourth-order valence-electron chi connectivity index (χ4n) is 4.21. The van der Waals surface area contributed by atoms with E-state index in [1.165, 1.54) is 18.2 Å². The van der Waals surface area contributed by atoms with E-state index in [1.807, 2.05) is 6.07 Å². The number of benzene rings is 1. The third kappa shape index (κ3) is 6.00. The van der Waals surface area contributed by atoms with E-state index >= 15 is 0 Å². The second kappa shape index (κ2) is 10.0. The molecule has 3 rings (SSSR count). The van der Waals surface area contributed by atoms with Crippen molar-refractivity contribution in [3.63, 3.8) is 0 Å².